The largest absolute Gasteiger partial charge is 0.491 e. The molecule has 1 N–H and O–H groups in total. The molecule has 0 saturated carbocycles. The van der Waals surface area contributed by atoms with Crippen LogP contribution in [0.5, 0.6) is 5.75 Å². The maximum atomic E-state index is 12.5. The highest BCUT2D eigenvalue weighted by Gasteiger charge is 2.31. The van der Waals surface area contributed by atoms with Gasteiger partial charge < -0.3 is 10.1 Å². The van der Waals surface area contributed by atoms with E-state index in [2.05, 4.69) is 16.3 Å². The van der Waals surface area contributed by atoms with Crippen LogP contribution in [0.15, 0.2) is 48.5 Å². The summed E-state index contributed by atoms with van der Waals surface area (Å²) in [6.45, 7) is 3.51. The fourth-order valence-electron chi connectivity index (χ4n) is 4.22. The van der Waals surface area contributed by atoms with Crippen LogP contribution in [0.25, 0.3) is 0 Å². The number of carbonyl (C=O) groups is 1. The summed E-state index contributed by atoms with van der Waals surface area (Å²) in [6.07, 6.45) is 2.58. The summed E-state index contributed by atoms with van der Waals surface area (Å²) in [5.41, 5.74) is 1.94. The van der Waals surface area contributed by atoms with Gasteiger partial charge in [0.25, 0.3) is 0 Å². The summed E-state index contributed by atoms with van der Waals surface area (Å²) in [7, 11) is 0. The lowest BCUT2D eigenvalue weighted by molar-refractivity contribution is -0.118. The molecule has 142 valence electrons. The zero-order valence-electron chi connectivity index (χ0n) is 15.4. The number of hydrogen-bond acceptors (Lipinski definition) is 3. The number of para-hydroxylation sites is 2. The molecule has 0 radical (unpaired) electrons. The molecule has 2 heterocycles. The number of ether oxygens (including phenoxy) is 1. The summed E-state index contributed by atoms with van der Waals surface area (Å²) >= 11 is 6.34. The highest BCUT2D eigenvalue weighted by molar-refractivity contribution is 6.31. The minimum Gasteiger partial charge on any atom is -0.491 e. The molecular formula is C22H25ClN2O2. The second-order valence-corrected chi connectivity index (χ2v) is 7.93. The van der Waals surface area contributed by atoms with Gasteiger partial charge in [0.05, 0.1) is 12.3 Å². The molecule has 0 bridgehead atoms. The van der Waals surface area contributed by atoms with E-state index in [9.17, 15) is 4.79 Å². The van der Waals surface area contributed by atoms with Crippen LogP contribution in [0.2, 0.25) is 5.02 Å². The monoisotopic (exact) mass is 384 g/mol. The van der Waals surface area contributed by atoms with Gasteiger partial charge in [-0.2, -0.15) is 0 Å². The summed E-state index contributed by atoms with van der Waals surface area (Å²) in [4.78, 5) is 15.0. The van der Waals surface area contributed by atoms with Gasteiger partial charge in [-0.3, -0.25) is 9.69 Å². The third kappa shape index (κ3) is 4.45. The van der Waals surface area contributed by atoms with Crippen LogP contribution >= 0.6 is 11.6 Å². The van der Waals surface area contributed by atoms with E-state index >= 15 is 0 Å². The number of amides is 1. The number of fused-ring (bicyclic) bond motifs is 2. The van der Waals surface area contributed by atoms with Crippen molar-refractivity contribution in [3.8, 4) is 5.75 Å². The maximum Gasteiger partial charge on any atom is 0.224 e. The van der Waals surface area contributed by atoms with Crippen LogP contribution in [-0.4, -0.2) is 30.5 Å². The van der Waals surface area contributed by atoms with Crippen molar-refractivity contribution in [3.05, 3.63) is 59.1 Å². The predicted octanol–water partition coefficient (Wildman–Crippen LogP) is 4.59. The number of rotatable bonds is 2. The van der Waals surface area contributed by atoms with E-state index in [4.69, 9.17) is 16.3 Å². The molecule has 0 unspecified atom stereocenters. The molecule has 27 heavy (non-hydrogen) atoms. The van der Waals surface area contributed by atoms with Crippen LogP contribution in [-0.2, 0) is 11.3 Å². The molecule has 4 nitrogen and oxygen atoms in total. The van der Waals surface area contributed by atoms with Crippen LogP contribution < -0.4 is 10.1 Å². The number of piperidine rings is 1. The number of anilines is 1. The number of likely N-dealkylation sites (tertiary alicyclic amines) is 1. The molecule has 0 aromatic heterocycles. The first kappa shape index (κ1) is 18.3. The first-order chi connectivity index (χ1) is 13.2. The Kier molecular flexibility index (Phi) is 5.65. The zero-order valence-corrected chi connectivity index (χ0v) is 16.1. The minimum absolute atomic E-state index is 0.0857. The fourth-order valence-corrected chi connectivity index (χ4v) is 4.41. The molecule has 0 spiro atoms. The predicted molar refractivity (Wildman–Crippen MR) is 108 cm³/mol. The van der Waals surface area contributed by atoms with Crippen LogP contribution in [0.3, 0.4) is 0 Å². The molecule has 4 rings (SSSR count). The molecule has 2 atom stereocenters. The molecule has 2 aromatic rings. The quantitative estimate of drug-likeness (QED) is 0.823. The minimum atomic E-state index is 0.0857. The smallest absolute Gasteiger partial charge is 0.224 e. The number of nitrogens with zero attached hydrogens (tertiary/aromatic N) is 1. The lowest BCUT2D eigenvalue weighted by atomic mass is 9.81. The molecular weight excluding hydrogens is 360 g/mol. The number of nitrogens with one attached hydrogen (secondary N) is 1. The second-order valence-electron chi connectivity index (χ2n) is 7.52. The lowest BCUT2D eigenvalue weighted by Crippen LogP contribution is -2.42. The Labute approximate surface area is 165 Å². The molecule has 0 aliphatic carbocycles. The average Bonchev–Trinajstić information content (AvgIpc) is 2.67. The fraction of sp³-hybridized carbons (Fsp3) is 0.409. The van der Waals surface area contributed by atoms with Crippen molar-refractivity contribution < 1.29 is 9.53 Å². The first-order valence-electron chi connectivity index (χ1n) is 9.66. The van der Waals surface area contributed by atoms with Gasteiger partial charge in [0.2, 0.25) is 5.91 Å². The summed E-state index contributed by atoms with van der Waals surface area (Å²) in [5, 5.41) is 3.85. The van der Waals surface area contributed by atoms with E-state index in [0.717, 1.165) is 48.9 Å². The van der Waals surface area contributed by atoms with Crippen molar-refractivity contribution in [2.24, 2.45) is 11.8 Å². The molecule has 2 aliphatic heterocycles. The standard InChI is InChI=1S/C22H25ClN2O2/c23-19-6-2-1-5-18(19)15-25-11-9-16-13-22(26)24-20-7-3-4-8-21(20)27-12-10-17(16)14-25/h1-8,16-17H,9-15H2,(H,24,26)/t16-,17-/m0/s1. The molecule has 2 aromatic carbocycles. The normalized spacial score (nSPS) is 23.5. The van der Waals surface area contributed by atoms with Crippen LogP contribution in [0.1, 0.15) is 24.8 Å². The summed E-state index contributed by atoms with van der Waals surface area (Å²) in [5.74, 6) is 1.70. The van der Waals surface area contributed by atoms with Crippen molar-refractivity contribution in [1.82, 2.24) is 4.90 Å². The van der Waals surface area contributed by atoms with Crippen molar-refractivity contribution >= 4 is 23.2 Å². The van der Waals surface area contributed by atoms with E-state index in [-0.39, 0.29) is 5.91 Å². The van der Waals surface area contributed by atoms with Gasteiger partial charge in [-0.15, -0.1) is 0 Å². The first-order valence-corrected chi connectivity index (χ1v) is 10.0. The lowest BCUT2D eigenvalue weighted by Gasteiger charge is -2.39. The Morgan fingerprint density at radius 1 is 1.07 bits per heavy atom. The molecule has 1 fully saturated rings. The number of halogens is 1. The van der Waals surface area contributed by atoms with E-state index < -0.39 is 0 Å². The van der Waals surface area contributed by atoms with E-state index in [1.807, 2.05) is 42.5 Å². The Morgan fingerprint density at radius 2 is 1.89 bits per heavy atom. The van der Waals surface area contributed by atoms with Crippen molar-refractivity contribution in [3.63, 3.8) is 0 Å². The number of carbonyl (C=O) groups excluding carboxylic acids is 1. The second kappa shape index (κ2) is 8.32. The van der Waals surface area contributed by atoms with Gasteiger partial charge in [0.15, 0.2) is 0 Å². The average molecular weight is 385 g/mol. The zero-order chi connectivity index (χ0) is 18.6. The Hall–Kier alpha value is -2.04. The SMILES string of the molecule is O=C1C[C@@H]2CCN(Cc3ccccc3Cl)C[C@@H]2CCOc2ccccc2N1. The van der Waals surface area contributed by atoms with Gasteiger partial charge in [-0.25, -0.2) is 0 Å². The topological polar surface area (TPSA) is 41.6 Å². The van der Waals surface area contributed by atoms with Crippen molar-refractivity contribution in [1.29, 1.82) is 0 Å². The van der Waals surface area contributed by atoms with Crippen molar-refractivity contribution in [2.75, 3.05) is 25.0 Å². The molecule has 1 amide bonds. The summed E-state index contributed by atoms with van der Waals surface area (Å²) < 4.78 is 5.98. The third-order valence-corrected chi connectivity index (χ3v) is 6.05. The Morgan fingerprint density at radius 3 is 2.78 bits per heavy atom. The third-order valence-electron chi connectivity index (χ3n) is 5.68. The molecule has 1 saturated heterocycles. The molecule has 5 heteroatoms. The van der Waals surface area contributed by atoms with Gasteiger partial charge in [0.1, 0.15) is 5.75 Å². The summed E-state index contributed by atoms with van der Waals surface area (Å²) in [6, 6.07) is 15.7. The highest BCUT2D eigenvalue weighted by atomic mass is 35.5. The maximum absolute atomic E-state index is 12.5. The van der Waals surface area contributed by atoms with Gasteiger partial charge in [0, 0.05) is 24.5 Å². The number of hydrogen-bond donors (Lipinski definition) is 1. The number of benzene rings is 2. The van der Waals surface area contributed by atoms with E-state index in [1.165, 1.54) is 5.56 Å². The van der Waals surface area contributed by atoms with Gasteiger partial charge >= 0.3 is 0 Å². The van der Waals surface area contributed by atoms with E-state index in [0.29, 0.717) is 24.9 Å². The van der Waals surface area contributed by atoms with Crippen LogP contribution in [0.4, 0.5) is 5.69 Å². The van der Waals surface area contributed by atoms with Gasteiger partial charge in [-0.05, 0) is 55.0 Å². The van der Waals surface area contributed by atoms with Crippen LogP contribution in [0, 0.1) is 11.8 Å². The molecule has 2 aliphatic rings. The van der Waals surface area contributed by atoms with Crippen molar-refractivity contribution in [2.45, 2.75) is 25.8 Å². The van der Waals surface area contributed by atoms with Gasteiger partial charge in [-0.1, -0.05) is 41.9 Å². The Bertz CT molecular complexity index is 810. The highest BCUT2D eigenvalue weighted by Crippen LogP contribution is 2.33. The Balaban J connectivity index is 1.45. The van der Waals surface area contributed by atoms with E-state index in [1.54, 1.807) is 0 Å².